The number of nitrogens with one attached hydrogen (secondary N) is 1. The molecule has 0 radical (unpaired) electrons. The van der Waals surface area contributed by atoms with E-state index in [-0.39, 0.29) is 11.3 Å². The smallest absolute Gasteiger partial charge is 0.287 e. The predicted octanol–water partition coefficient (Wildman–Crippen LogP) is 2.54. The molecule has 1 aliphatic heterocycles. The Labute approximate surface area is 132 Å². The van der Waals surface area contributed by atoms with Crippen LogP contribution in [0, 0.1) is 0 Å². The van der Waals surface area contributed by atoms with Crippen LogP contribution in [0.5, 0.6) is 5.75 Å². The molecule has 23 heavy (non-hydrogen) atoms. The highest BCUT2D eigenvalue weighted by molar-refractivity contribution is 6.14. The number of rotatable bonds is 5. The topological polar surface area (TPSA) is 88.8 Å². The molecule has 2 N–H and O–H groups in total. The molecule has 0 bridgehead atoms. The molecular weight excluding hydrogens is 298 g/mol. The Kier molecular flexibility index (Phi) is 3.89. The van der Waals surface area contributed by atoms with E-state index in [0.29, 0.717) is 17.9 Å². The molecule has 0 fully saturated rings. The Hall–Kier alpha value is -3.02. The minimum atomic E-state index is -0.726. The zero-order valence-electron chi connectivity index (χ0n) is 12.4. The second-order valence-electron chi connectivity index (χ2n) is 4.98. The van der Waals surface area contributed by atoms with E-state index in [0.717, 1.165) is 0 Å². The number of benzene rings is 1. The molecule has 1 aliphatic rings. The summed E-state index contributed by atoms with van der Waals surface area (Å²) in [7, 11) is 0. The number of aliphatic hydroxyl groups is 1. The molecule has 0 saturated carbocycles. The second-order valence-corrected chi connectivity index (χ2v) is 4.98. The fourth-order valence-corrected chi connectivity index (χ4v) is 2.48. The zero-order valence-corrected chi connectivity index (χ0v) is 12.4. The predicted molar refractivity (Wildman–Crippen MR) is 81.2 cm³/mol. The summed E-state index contributed by atoms with van der Waals surface area (Å²) in [5, 5.41) is 12.6. The van der Waals surface area contributed by atoms with Gasteiger partial charge in [-0.2, -0.15) is 0 Å². The van der Waals surface area contributed by atoms with Gasteiger partial charge in [-0.05, 0) is 36.8 Å². The molecule has 2 aromatic rings. The lowest BCUT2D eigenvalue weighted by Crippen LogP contribution is -2.23. The normalized spacial score (nSPS) is 17.3. The molecule has 6 nitrogen and oxygen atoms in total. The van der Waals surface area contributed by atoms with Gasteiger partial charge in [-0.1, -0.05) is 12.1 Å². The van der Waals surface area contributed by atoms with Gasteiger partial charge in [0.25, 0.3) is 5.91 Å². The van der Waals surface area contributed by atoms with Crippen LogP contribution in [0.3, 0.4) is 0 Å². The molecule has 1 atom stereocenters. The monoisotopic (exact) mass is 313 g/mol. The first-order valence-corrected chi connectivity index (χ1v) is 7.16. The summed E-state index contributed by atoms with van der Waals surface area (Å²) in [5.74, 6) is -1.03. The van der Waals surface area contributed by atoms with Gasteiger partial charge < -0.3 is 19.6 Å². The van der Waals surface area contributed by atoms with Crippen LogP contribution in [-0.2, 0) is 4.79 Å². The van der Waals surface area contributed by atoms with Crippen molar-refractivity contribution in [1.82, 2.24) is 5.32 Å². The van der Waals surface area contributed by atoms with Crippen LogP contribution < -0.4 is 10.1 Å². The fourth-order valence-electron chi connectivity index (χ4n) is 2.48. The number of ketones is 1. The lowest BCUT2D eigenvalue weighted by Gasteiger charge is -2.14. The van der Waals surface area contributed by atoms with Gasteiger partial charge >= 0.3 is 0 Å². The van der Waals surface area contributed by atoms with Crippen molar-refractivity contribution in [2.45, 2.75) is 13.0 Å². The van der Waals surface area contributed by atoms with Crippen LogP contribution in [0.15, 0.2) is 58.4 Å². The Morgan fingerprint density at radius 1 is 1.30 bits per heavy atom. The molecule has 0 aliphatic carbocycles. The third kappa shape index (κ3) is 2.70. The van der Waals surface area contributed by atoms with Crippen LogP contribution >= 0.6 is 0 Å². The van der Waals surface area contributed by atoms with Gasteiger partial charge in [-0.15, -0.1) is 0 Å². The third-order valence-corrected chi connectivity index (χ3v) is 3.55. The maximum absolute atomic E-state index is 12.5. The summed E-state index contributed by atoms with van der Waals surface area (Å²) in [6.45, 7) is 2.43. The zero-order chi connectivity index (χ0) is 16.4. The summed E-state index contributed by atoms with van der Waals surface area (Å²) in [5.41, 5.74) is 0.648. The van der Waals surface area contributed by atoms with Crippen LogP contribution in [-0.4, -0.2) is 23.4 Å². The van der Waals surface area contributed by atoms with Crippen molar-refractivity contribution in [3.63, 3.8) is 0 Å². The van der Waals surface area contributed by atoms with Crippen LogP contribution in [0.1, 0.15) is 29.1 Å². The first-order valence-electron chi connectivity index (χ1n) is 7.16. The van der Waals surface area contributed by atoms with Crippen LogP contribution in [0.2, 0.25) is 0 Å². The molecule has 0 spiro atoms. The average molecular weight is 313 g/mol. The Bertz CT molecular complexity index is 759. The molecule has 118 valence electrons. The summed E-state index contributed by atoms with van der Waals surface area (Å²) in [4.78, 5) is 24.3. The minimum absolute atomic E-state index is 0.0193. The fraction of sp³-hybridized carbons (Fsp3) is 0.176. The number of carbonyl (C=O) groups excluding carboxylic acids is 2. The van der Waals surface area contributed by atoms with E-state index in [1.54, 1.807) is 30.3 Å². The number of hydrogen-bond donors (Lipinski definition) is 2. The van der Waals surface area contributed by atoms with Gasteiger partial charge in [0.15, 0.2) is 11.5 Å². The maximum atomic E-state index is 12.5. The van der Waals surface area contributed by atoms with Crippen LogP contribution in [0.4, 0.5) is 0 Å². The van der Waals surface area contributed by atoms with E-state index in [2.05, 4.69) is 5.32 Å². The number of carbonyl (C=O) groups is 2. The number of ether oxygens (including phenoxy) is 1. The first kappa shape index (κ1) is 14.9. The van der Waals surface area contributed by atoms with Crippen molar-refractivity contribution in [3.05, 3.63) is 65.3 Å². The van der Waals surface area contributed by atoms with Gasteiger partial charge in [0.05, 0.1) is 24.5 Å². The lowest BCUT2D eigenvalue weighted by molar-refractivity contribution is -0.119. The van der Waals surface area contributed by atoms with E-state index in [9.17, 15) is 14.7 Å². The van der Waals surface area contributed by atoms with E-state index in [1.807, 2.05) is 6.92 Å². The van der Waals surface area contributed by atoms with Crippen molar-refractivity contribution in [3.8, 4) is 5.75 Å². The molecule has 2 heterocycles. The first-order chi connectivity index (χ1) is 11.1. The lowest BCUT2D eigenvalue weighted by atomic mass is 9.96. The van der Waals surface area contributed by atoms with Crippen molar-refractivity contribution in [2.24, 2.45) is 0 Å². The standard InChI is InChI=1S/C17H15NO5/c1-2-22-11-7-5-10(6-8-11)14-13(16(20)17(21)18-14)15(19)12-4-3-9-23-12/h3-9,14,20H,2H2,1H3,(H,18,21). The van der Waals surface area contributed by atoms with Crippen molar-refractivity contribution >= 4 is 11.7 Å². The number of hydrogen-bond acceptors (Lipinski definition) is 5. The van der Waals surface area contributed by atoms with Gasteiger partial charge in [-0.3, -0.25) is 9.59 Å². The van der Waals surface area contributed by atoms with E-state index in [1.165, 1.54) is 12.3 Å². The van der Waals surface area contributed by atoms with Crippen molar-refractivity contribution in [2.75, 3.05) is 6.61 Å². The molecule has 3 rings (SSSR count). The van der Waals surface area contributed by atoms with Gasteiger partial charge in [-0.25, -0.2) is 0 Å². The third-order valence-electron chi connectivity index (χ3n) is 3.55. The largest absolute Gasteiger partial charge is 0.503 e. The molecule has 1 unspecified atom stereocenters. The molecular formula is C17H15NO5. The SMILES string of the molecule is CCOc1ccc(C2NC(=O)C(O)=C2C(=O)c2ccco2)cc1. The molecule has 6 heteroatoms. The molecule has 1 aromatic carbocycles. The van der Waals surface area contributed by atoms with E-state index >= 15 is 0 Å². The highest BCUT2D eigenvalue weighted by Crippen LogP contribution is 2.32. The molecule has 0 saturated heterocycles. The second kappa shape index (κ2) is 6.00. The Balaban J connectivity index is 1.95. The highest BCUT2D eigenvalue weighted by Gasteiger charge is 2.38. The Morgan fingerprint density at radius 2 is 2.04 bits per heavy atom. The number of aliphatic hydroxyl groups excluding tert-OH is 1. The van der Waals surface area contributed by atoms with Gasteiger partial charge in [0.2, 0.25) is 5.78 Å². The summed E-state index contributed by atoms with van der Waals surface area (Å²) in [6, 6.07) is 9.30. The maximum Gasteiger partial charge on any atom is 0.287 e. The number of Topliss-reactive ketones (excluding diaryl/α,β-unsaturated/α-hetero) is 1. The molecule has 1 amide bonds. The number of furan rings is 1. The van der Waals surface area contributed by atoms with E-state index < -0.39 is 23.5 Å². The van der Waals surface area contributed by atoms with Crippen molar-refractivity contribution in [1.29, 1.82) is 0 Å². The van der Waals surface area contributed by atoms with E-state index in [4.69, 9.17) is 9.15 Å². The highest BCUT2D eigenvalue weighted by atomic mass is 16.5. The summed E-state index contributed by atoms with van der Waals surface area (Å²) >= 11 is 0. The van der Waals surface area contributed by atoms with Crippen molar-refractivity contribution < 1.29 is 23.8 Å². The molecule has 1 aromatic heterocycles. The summed E-state index contributed by atoms with van der Waals surface area (Å²) < 4.78 is 10.4. The quantitative estimate of drug-likeness (QED) is 0.828. The number of amides is 1. The minimum Gasteiger partial charge on any atom is -0.503 e. The summed E-state index contributed by atoms with van der Waals surface area (Å²) in [6.07, 6.45) is 1.36. The van der Waals surface area contributed by atoms with Gasteiger partial charge in [0, 0.05) is 0 Å². The van der Waals surface area contributed by atoms with Crippen LogP contribution in [0.25, 0.3) is 0 Å². The average Bonchev–Trinajstić information content (AvgIpc) is 3.18. The Morgan fingerprint density at radius 3 is 2.65 bits per heavy atom. The van der Waals surface area contributed by atoms with Gasteiger partial charge in [0.1, 0.15) is 5.75 Å².